The smallest absolute Gasteiger partial charge is 0.260 e. The number of amides is 6. The Balaban J connectivity index is 0.881. The molecule has 0 fully saturated rings. The number of methoxy groups -OCH3 is 2. The number of imide groups is 1. The summed E-state index contributed by atoms with van der Waals surface area (Å²) in [7, 11) is 3.02. The van der Waals surface area contributed by atoms with E-state index >= 15 is 0 Å². The molecule has 0 saturated carbocycles. The van der Waals surface area contributed by atoms with Gasteiger partial charge in [-0.2, -0.15) is 0 Å². The van der Waals surface area contributed by atoms with E-state index in [1.165, 1.54) is 32.4 Å². The van der Waals surface area contributed by atoms with Crippen LogP contribution in [0.25, 0.3) is 6.08 Å². The molecule has 71 heavy (non-hydrogen) atoms. The number of rotatable bonds is 22. The van der Waals surface area contributed by atoms with Crippen molar-refractivity contribution in [3.05, 3.63) is 112 Å². The molecule has 5 aliphatic heterocycles. The van der Waals surface area contributed by atoms with Gasteiger partial charge in [-0.3, -0.25) is 43.7 Å². The van der Waals surface area contributed by atoms with Gasteiger partial charge in [0.05, 0.1) is 75.2 Å². The summed E-state index contributed by atoms with van der Waals surface area (Å²) in [5, 5.41) is 5.49. The van der Waals surface area contributed by atoms with Crippen LogP contribution in [0.1, 0.15) is 70.5 Å². The average molecular weight is 970 g/mol. The minimum absolute atomic E-state index is 0.00131. The van der Waals surface area contributed by atoms with Gasteiger partial charge < -0.3 is 48.9 Å². The third-order valence-electron chi connectivity index (χ3n) is 12.0. The number of carbonyl (C=O) groups is 6. The van der Waals surface area contributed by atoms with Crippen molar-refractivity contribution in [2.45, 2.75) is 58.4 Å². The first-order chi connectivity index (χ1) is 34.4. The van der Waals surface area contributed by atoms with Gasteiger partial charge in [-0.05, 0) is 79.8 Å². The molecule has 0 saturated heterocycles. The molecule has 0 radical (unpaired) electrons. The van der Waals surface area contributed by atoms with Crippen molar-refractivity contribution in [3.63, 3.8) is 0 Å². The lowest BCUT2D eigenvalue weighted by Gasteiger charge is -2.19. The zero-order valence-electron chi connectivity index (χ0n) is 39.9. The molecule has 5 aliphatic rings. The van der Waals surface area contributed by atoms with Gasteiger partial charge in [-0.25, -0.2) is 0 Å². The molecule has 0 aliphatic carbocycles. The summed E-state index contributed by atoms with van der Waals surface area (Å²) in [5.41, 5.74) is 6.09. The maximum atomic E-state index is 13.6. The van der Waals surface area contributed by atoms with Gasteiger partial charge in [-0.1, -0.05) is 11.1 Å². The summed E-state index contributed by atoms with van der Waals surface area (Å²) in [5.74, 6) is -0.343. The summed E-state index contributed by atoms with van der Waals surface area (Å²) in [4.78, 5) is 89.1. The molecule has 0 bridgehead atoms. The zero-order valence-corrected chi connectivity index (χ0v) is 39.9. The van der Waals surface area contributed by atoms with E-state index in [2.05, 4.69) is 20.6 Å². The van der Waals surface area contributed by atoms with Crippen LogP contribution >= 0.6 is 0 Å². The first-order valence-corrected chi connectivity index (χ1v) is 23.2. The van der Waals surface area contributed by atoms with Crippen LogP contribution in [0.15, 0.2) is 94.2 Å². The normalized spacial score (nSPS) is 17.7. The number of ether oxygens (including phenoxy) is 6. The summed E-state index contributed by atoms with van der Waals surface area (Å²) in [6.07, 6.45) is 14.1. The summed E-state index contributed by atoms with van der Waals surface area (Å²) in [6.45, 7) is 5.65. The molecule has 0 unspecified atom stereocenters. The first kappa shape index (κ1) is 49.5. The highest BCUT2D eigenvalue weighted by Gasteiger charge is 2.34. The molecular formula is C52H55N7O12. The van der Waals surface area contributed by atoms with Crippen LogP contribution in [0.4, 0.5) is 11.4 Å². The van der Waals surface area contributed by atoms with Crippen LogP contribution in [0, 0.1) is 0 Å². The maximum absolute atomic E-state index is 13.6. The highest BCUT2D eigenvalue weighted by atomic mass is 16.5. The largest absolute Gasteiger partial charge is 0.493 e. The second-order valence-corrected chi connectivity index (χ2v) is 17.3. The quantitative estimate of drug-likeness (QED) is 0.0762. The Kier molecular flexibility index (Phi) is 15.8. The Hall–Kier alpha value is -7.90. The molecular weight excluding hydrogens is 915 g/mol. The van der Waals surface area contributed by atoms with E-state index in [0.29, 0.717) is 63.9 Å². The fraction of sp³-hybridized carbons (Fsp3) is 0.346. The van der Waals surface area contributed by atoms with Crippen LogP contribution in [0.2, 0.25) is 0 Å². The maximum Gasteiger partial charge on any atom is 0.260 e. The predicted octanol–water partition coefficient (Wildman–Crippen LogP) is 5.12. The Morgan fingerprint density at radius 3 is 1.68 bits per heavy atom. The zero-order chi connectivity index (χ0) is 50.0. The van der Waals surface area contributed by atoms with E-state index in [1.54, 1.807) is 52.6 Å². The molecule has 2 atom stereocenters. The van der Waals surface area contributed by atoms with Gasteiger partial charge in [0.2, 0.25) is 11.8 Å². The Bertz CT molecular complexity index is 2640. The van der Waals surface area contributed by atoms with E-state index in [9.17, 15) is 28.8 Å². The van der Waals surface area contributed by atoms with E-state index in [4.69, 9.17) is 28.4 Å². The number of hydrogen-bond acceptors (Lipinski definition) is 14. The van der Waals surface area contributed by atoms with Gasteiger partial charge in [-0.15, -0.1) is 0 Å². The van der Waals surface area contributed by atoms with Crippen molar-refractivity contribution < 1.29 is 57.2 Å². The summed E-state index contributed by atoms with van der Waals surface area (Å²) < 4.78 is 35.2. The standard InChI is InChI=1S/C52H55N7O12/c1-32-17-37-26-55-41-24-45(43(66-3)22-39(41)51(64)58(37)28-32)70-30-35-19-34(5-6-47(60)53-10-13-68-15-16-69-14-11-54-48(61)9-12-57-49(62)7-8-50(57)63)20-36(21-35)31-71-46-25-42-40(23-44(46)67-4)52(65)59-29-33(2)18-38(59)27-56-42/h5-8,19-29,37-38H,9-18,30-31H2,1-4H3,(H,53,60)(H,54,61)/b6-5+/t37-,38-/m0/s1. The molecule has 19 nitrogen and oxygen atoms in total. The lowest BCUT2D eigenvalue weighted by molar-refractivity contribution is -0.137. The third kappa shape index (κ3) is 12.1. The van der Waals surface area contributed by atoms with Gasteiger partial charge in [0.1, 0.15) is 13.2 Å². The van der Waals surface area contributed by atoms with Gasteiger partial charge in [0, 0.05) is 81.2 Å². The SMILES string of the molecule is COc1cc2c(cc1OCc1cc(/C=C/C(=O)NCCOCCOCCNC(=O)CCN3C(=O)C=CC3=O)cc(COc3cc4c(cc3OC)C(=O)N3C=C(C)C[C@H]3C=N4)c1)N=C[C@@H]1CC(C)=CN1C2=O. The van der Waals surface area contributed by atoms with E-state index in [1.807, 2.05) is 44.4 Å². The Morgan fingerprint density at radius 2 is 1.17 bits per heavy atom. The van der Waals surface area contributed by atoms with E-state index < -0.39 is 11.8 Å². The number of hydrogen-bond donors (Lipinski definition) is 2. The molecule has 0 spiro atoms. The van der Waals surface area contributed by atoms with E-state index in [-0.39, 0.29) is 101 Å². The molecule has 370 valence electrons. The molecule has 6 amide bonds. The first-order valence-electron chi connectivity index (χ1n) is 23.2. The van der Waals surface area contributed by atoms with Crippen LogP contribution in [0.3, 0.4) is 0 Å². The second kappa shape index (κ2) is 22.7. The monoisotopic (exact) mass is 969 g/mol. The fourth-order valence-corrected chi connectivity index (χ4v) is 8.50. The van der Waals surface area contributed by atoms with Gasteiger partial charge in [0.25, 0.3) is 23.6 Å². The highest BCUT2D eigenvalue weighted by Crippen LogP contribution is 2.41. The number of nitrogens with zero attached hydrogens (tertiary/aromatic N) is 5. The van der Waals surface area contributed by atoms with Gasteiger partial charge >= 0.3 is 0 Å². The average Bonchev–Trinajstić information content (AvgIpc) is 4.00. The molecule has 0 aromatic heterocycles. The van der Waals surface area contributed by atoms with E-state index in [0.717, 1.165) is 27.2 Å². The minimum atomic E-state index is -0.430. The highest BCUT2D eigenvalue weighted by molar-refractivity contribution is 6.13. The second-order valence-electron chi connectivity index (χ2n) is 17.3. The van der Waals surface area contributed by atoms with Crippen molar-refractivity contribution in [2.75, 3.05) is 60.3 Å². The lowest BCUT2D eigenvalue weighted by Crippen LogP contribution is -2.35. The van der Waals surface area contributed by atoms with Crippen molar-refractivity contribution in [3.8, 4) is 23.0 Å². The number of fused-ring (bicyclic) bond motifs is 4. The Morgan fingerprint density at radius 1 is 0.662 bits per heavy atom. The van der Waals surface area contributed by atoms with Crippen LogP contribution in [0.5, 0.6) is 23.0 Å². The lowest BCUT2D eigenvalue weighted by atomic mass is 10.1. The molecule has 19 heteroatoms. The van der Waals surface area contributed by atoms with Crippen LogP contribution < -0.4 is 29.6 Å². The Labute approximate surface area is 410 Å². The van der Waals surface area contributed by atoms with Gasteiger partial charge in [0.15, 0.2) is 23.0 Å². The topological polar surface area (TPSA) is 216 Å². The molecule has 3 aromatic rings. The van der Waals surface area contributed by atoms with Crippen molar-refractivity contribution in [1.29, 1.82) is 0 Å². The van der Waals surface area contributed by atoms with Crippen molar-refractivity contribution in [2.24, 2.45) is 9.98 Å². The fourth-order valence-electron chi connectivity index (χ4n) is 8.50. The summed E-state index contributed by atoms with van der Waals surface area (Å²) >= 11 is 0. The molecule has 8 rings (SSSR count). The number of benzene rings is 3. The number of aliphatic imine (C=N–C) groups is 2. The number of carbonyl (C=O) groups excluding carboxylic acids is 6. The molecule has 5 heterocycles. The third-order valence-corrected chi connectivity index (χ3v) is 12.0. The summed E-state index contributed by atoms with van der Waals surface area (Å²) in [6, 6.07) is 12.1. The van der Waals surface area contributed by atoms with Crippen LogP contribution in [-0.4, -0.2) is 135 Å². The van der Waals surface area contributed by atoms with Crippen molar-refractivity contribution >= 4 is 65.3 Å². The number of nitrogens with one attached hydrogen (secondary N) is 2. The molecule has 2 N–H and O–H groups in total. The van der Waals surface area contributed by atoms with Crippen LogP contribution in [-0.2, 0) is 41.9 Å². The predicted molar refractivity (Wildman–Crippen MR) is 261 cm³/mol. The molecule has 3 aromatic carbocycles. The minimum Gasteiger partial charge on any atom is -0.493 e. The van der Waals surface area contributed by atoms with Crippen molar-refractivity contribution in [1.82, 2.24) is 25.3 Å².